The van der Waals surface area contributed by atoms with Crippen LogP contribution in [0.15, 0.2) is 30.5 Å². The van der Waals surface area contributed by atoms with E-state index in [-0.39, 0.29) is 11.8 Å². The third kappa shape index (κ3) is 2.96. The van der Waals surface area contributed by atoms with Gasteiger partial charge in [0.15, 0.2) is 5.15 Å². The summed E-state index contributed by atoms with van der Waals surface area (Å²) < 4.78 is 5.07. The molecular weight excluding hydrogens is 276 g/mol. The van der Waals surface area contributed by atoms with E-state index in [9.17, 15) is 5.11 Å². The molecule has 2 rings (SSSR count). The second kappa shape index (κ2) is 6.01. The molecule has 0 amide bonds. The highest BCUT2D eigenvalue weighted by atomic mass is 35.5. The number of phenols is 1. The fraction of sp³-hybridized carbons (Fsp3) is 0.267. The molecule has 1 aromatic heterocycles. The minimum atomic E-state index is -0.110. The van der Waals surface area contributed by atoms with Gasteiger partial charge in [-0.05, 0) is 37.6 Å². The van der Waals surface area contributed by atoms with Gasteiger partial charge in [0.1, 0.15) is 11.5 Å². The van der Waals surface area contributed by atoms with Crippen molar-refractivity contribution in [2.24, 2.45) is 0 Å². The number of pyridine rings is 1. The van der Waals surface area contributed by atoms with Crippen molar-refractivity contribution in [1.82, 2.24) is 4.98 Å². The number of anilines is 1. The highest BCUT2D eigenvalue weighted by molar-refractivity contribution is 6.32. The number of ether oxygens (including phenoxy) is 1. The molecule has 1 heterocycles. The molecule has 4 nitrogen and oxygen atoms in total. The van der Waals surface area contributed by atoms with Gasteiger partial charge in [-0.25, -0.2) is 4.98 Å². The molecule has 0 bridgehead atoms. The third-order valence-corrected chi connectivity index (χ3v) is 3.46. The van der Waals surface area contributed by atoms with Crippen molar-refractivity contribution in [1.29, 1.82) is 0 Å². The third-order valence-electron chi connectivity index (χ3n) is 3.18. The number of rotatable bonds is 4. The van der Waals surface area contributed by atoms with Crippen LogP contribution in [-0.2, 0) is 0 Å². The molecule has 1 unspecified atom stereocenters. The molecule has 0 aliphatic heterocycles. The van der Waals surface area contributed by atoms with Crippen LogP contribution in [0.2, 0.25) is 5.15 Å². The largest absolute Gasteiger partial charge is 0.507 e. The van der Waals surface area contributed by atoms with Gasteiger partial charge in [0.05, 0.1) is 18.8 Å². The minimum Gasteiger partial charge on any atom is -0.507 e. The van der Waals surface area contributed by atoms with E-state index < -0.39 is 0 Å². The number of halogens is 1. The number of phenolic OH excluding ortho intramolecular Hbond substituents is 1. The van der Waals surface area contributed by atoms with Crippen LogP contribution in [0, 0.1) is 6.92 Å². The maximum Gasteiger partial charge on any atom is 0.152 e. The SMILES string of the molecule is COc1ccc(C(C)Nc2c(C)ccnc2Cl)c(O)c1. The van der Waals surface area contributed by atoms with Crippen molar-refractivity contribution in [2.75, 3.05) is 12.4 Å². The summed E-state index contributed by atoms with van der Waals surface area (Å²) in [5, 5.41) is 13.7. The van der Waals surface area contributed by atoms with Crippen LogP contribution in [0.25, 0.3) is 0 Å². The smallest absolute Gasteiger partial charge is 0.152 e. The van der Waals surface area contributed by atoms with E-state index in [1.165, 1.54) is 0 Å². The van der Waals surface area contributed by atoms with Crippen molar-refractivity contribution >= 4 is 17.3 Å². The number of aryl methyl sites for hydroxylation is 1. The number of aromatic hydroxyl groups is 1. The lowest BCUT2D eigenvalue weighted by atomic mass is 10.1. The molecule has 5 heteroatoms. The van der Waals surface area contributed by atoms with Crippen LogP contribution in [-0.4, -0.2) is 17.2 Å². The zero-order valence-corrected chi connectivity index (χ0v) is 12.4. The summed E-state index contributed by atoms with van der Waals surface area (Å²) in [4.78, 5) is 4.06. The Morgan fingerprint density at radius 2 is 2.10 bits per heavy atom. The number of aromatic nitrogens is 1. The minimum absolute atomic E-state index is 0.110. The Balaban J connectivity index is 2.26. The second-order valence-corrected chi connectivity index (χ2v) is 4.94. The lowest BCUT2D eigenvalue weighted by molar-refractivity contribution is 0.406. The Morgan fingerprint density at radius 1 is 1.35 bits per heavy atom. The Hall–Kier alpha value is -1.94. The molecule has 1 aromatic carbocycles. The van der Waals surface area contributed by atoms with E-state index in [0.717, 1.165) is 16.8 Å². The average Bonchev–Trinajstić information content (AvgIpc) is 2.42. The fourth-order valence-electron chi connectivity index (χ4n) is 2.01. The zero-order valence-electron chi connectivity index (χ0n) is 11.6. The van der Waals surface area contributed by atoms with Crippen molar-refractivity contribution in [3.05, 3.63) is 46.7 Å². The molecule has 1 atom stereocenters. The molecule has 0 saturated carbocycles. The fourth-order valence-corrected chi connectivity index (χ4v) is 2.27. The van der Waals surface area contributed by atoms with E-state index >= 15 is 0 Å². The molecule has 0 spiro atoms. The van der Waals surface area contributed by atoms with Gasteiger partial charge in [-0.2, -0.15) is 0 Å². The van der Waals surface area contributed by atoms with E-state index in [1.807, 2.05) is 32.0 Å². The van der Waals surface area contributed by atoms with Crippen LogP contribution in [0.4, 0.5) is 5.69 Å². The molecular formula is C15H17ClN2O2. The predicted molar refractivity (Wildman–Crippen MR) is 80.7 cm³/mol. The topological polar surface area (TPSA) is 54.4 Å². The van der Waals surface area contributed by atoms with E-state index in [4.69, 9.17) is 16.3 Å². The summed E-state index contributed by atoms with van der Waals surface area (Å²) >= 11 is 6.09. The molecule has 0 saturated heterocycles. The predicted octanol–water partition coefficient (Wildman–Crippen LogP) is 3.93. The Labute approximate surface area is 123 Å². The molecule has 106 valence electrons. The molecule has 0 fully saturated rings. The van der Waals surface area contributed by atoms with Crippen molar-refractivity contribution in [3.8, 4) is 11.5 Å². The monoisotopic (exact) mass is 292 g/mol. The second-order valence-electron chi connectivity index (χ2n) is 4.58. The first-order valence-corrected chi connectivity index (χ1v) is 6.65. The number of methoxy groups -OCH3 is 1. The number of nitrogens with one attached hydrogen (secondary N) is 1. The summed E-state index contributed by atoms with van der Waals surface area (Å²) in [5.41, 5.74) is 2.55. The van der Waals surface area contributed by atoms with E-state index in [0.29, 0.717) is 10.9 Å². The van der Waals surface area contributed by atoms with Crippen LogP contribution >= 0.6 is 11.6 Å². The molecule has 0 aliphatic carbocycles. The zero-order chi connectivity index (χ0) is 14.7. The first-order chi connectivity index (χ1) is 9.52. The summed E-state index contributed by atoms with van der Waals surface area (Å²) in [6.07, 6.45) is 1.67. The van der Waals surface area contributed by atoms with Crippen LogP contribution in [0.3, 0.4) is 0 Å². The molecule has 20 heavy (non-hydrogen) atoms. The lowest BCUT2D eigenvalue weighted by Crippen LogP contribution is -2.09. The van der Waals surface area contributed by atoms with E-state index in [2.05, 4.69) is 10.3 Å². The molecule has 2 aromatic rings. The quantitative estimate of drug-likeness (QED) is 0.838. The normalized spacial score (nSPS) is 12.0. The van der Waals surface area contributed by atoms with Gasteiger partial charge in [0.25, 0.3) is 0 Å². The average molecular weight is 293 g/mol. The van der Waals surface area contributed by atoms with Crippen LogP contribution in [0.1, 0.15) is 24.1 Å². The van der Waals surface area contributed by atoms with Gasteiger partial charge in [-0.3, -0.25) is 0 Å². The van der Waals surface area contributed by atoms with Gasteiger partial charge >= 0.3 is 0 Å². The molecule has 2 N–H and O–H groups in total. The highest BCUT2D eigenvalue weighted by Gasteiger charge is 2.14. The van der Waals surface area contributed by atoms with Crippen LogP contribution in [0.5, 0.6) is 11.5 Å². The van der Waals surface area contributed by atoms with Crippen molar-refractivity contribution in [3.63, 3.8) is 0 Å². The first-order valence-electron chi connectivity index (χ1n) is 6.27. The van der Waals surface area contributed by atoms with Gasteiger partial charge in [-0.1, -0.05) is 11.6 Å². The van der Waals surface area contributed by atoms with Gasteiger partial charge in [0, 0.05) is 17.8 Å². The van der Waals surface area contributed by atoms with Crippen LogP contribution < -0.4 is 10.1 Å². The molecule has 0 radical (unpaired) electrons. The van der Waals surface area contributed by atoms with Gasteiger partial charge in [-0.15, -0.1) is 0 Å². The number of nitrogens with zero attached hydrogens (tertiary/aromatic N) is 1. The van der Waals surface area contributed by atoms with E-state index in [1.54, 1.807) is 19.4 Å². The summed E-state index contributed by atoms with van der Waals surface area (Å²) in [6.45, 7) is 3.90. The van der Waals surface area contributed by atoms with Gasteiger partial charge in [0.2, 0.25) is 0 Å². The number of benzene rings is 1. The maximum absolute atomic E-state index is 10.0. The van der Waals surface area contributed by atoms with Crippen molar-refractivity contribution in [2.45, 2.75) is 19.9 Å². The van der Waals surface area contributed by atoms with Gasteiger partial charge < -0.3 is 15.2 Å². The maximum atomic E-state index is 10.0. The Morgan fingerprint density at radius 3 is 2.70 bits per heavy atom. The summed E-state index contributed by atoms with van der Waals surface area (Å²) in [7, 11) is 1.56. The summed E-state index contributed by atoms with van der Waals surface area (Å²) in [6, 6.07) is 7.00. The number of hydrogen-bond acceptors (Lipinski definition) is 4. The number of hydrogen-bond donors (Lipinski definition) is 2. The first kappa shape index (κ1) is 14.5. The Kier molecular flexibility index (Phi) is 4.35. The standard InChI is InChI=1S/C15H17ClN2O2/c1-9-6-7-17-15(16)14(9)18-10(2)12-5-4-11(20-3)8-13(12)19/h4-8,10,18-19H,1-3H3. The highest BCUT2D eigenvalue weighted by Crippen LogP contribution is 2.32. The van der Waals surface area contributed by atoms with Crippen molar-refractivity contribution < 1.29 is 9.84 Å². The Bertz CT molecular complexity index is 597. The summed E-state index contributed by atoms with van der Waals surface area (Å²) in [5.74, 6) is 0.802. The lowest BCUT2D eigenvalue weighted by Gasteiger charge is -2.19. The molecule has 0 aliphatic rings.